The van der Waals surface area contributed by atoms with E-state index in [4.69, 9.17) is 0 Å². The third-order valence-corrected chi connectivity index (χ3v) is 1.89. The normalized spacial score (nSPS) is 29.5. The van der Waals surface area contributed by atoms with Gasteiger partial charge in [0.1, 0.15) is 0 Å². The second-order valence-electron chi connectivity index (χ2n) is 3.00. The van der Waals surface area contributed by atoms with E-state index in [2.05, 4.69) is 17.6 Å². The molecule has 1 saturated heterocycles. The maximum atomic E-state index is 3.44. The molecule has 2 N–H and O–H groups in total. The lowest BCUT2D eigenvalue weighted by Gasteiger charge is -2.07. The van der Waals surface area contributed by atoms with Gasteiger partial charge in [-0.15, -0.1) is 0 Å². The molecular weight excluding hydrogens is 136 g/mol. The van der Waals surface area contributed by atoms with Gasteiger partial charge in [-0.2, -0.15) is 0 Å². The zero-order chi connectivity index (χ0) is 8.69. The van der Waals surface area contributed by atoms with Crippen LogP contribution in [0.15, 0.2) is 0 Å². The average Bonchev–Trinajstić information content (AvgIpc) is 2.41. The van der Waals surface area contributed by atoms with E-state index in [1.54, 1.807) is 0 Å². The van der Waals surface area contributed by atoms with E-state index in [9.17, 15) is 0 Å². The first-order chi connectivity index (χ1) is 5.33. The van der Waals surface area contributed by atoms with Crippen LogP contribution < -0.4 is 10.6 Å². The molecule has 2 unspecified atom stereocenters. The molecule has 0 aliphatic carbocycles. The van der Waals surface area contributed by atoms with Gasteiger partial charge in [-0.3, -0.25) is 0 Å². The molecule has 0 saturated carbocycles. The Kier molecular flexibility index (Phi) is 6.57. The molecule has 1 aliphatic rings. The standard InChI is InChI=1S/C7H16N2.C2H6/c1-6-3-7(5-8-2)9-4-6;1-2/h6-9H,3-5H2,1-2H3;1-2H3. The maximum Gasteiger partial charge on any atom is 0.0195 e. The quantitative estimate of drug-likeness (QED) is 0.631. The Morgan fingerprint density at radius 3 is 2.45 bits per heavy atom. The lowest BCUT2D eigenvalue weighted by molar-refractivity contribution is 0.552. The van der Waals surface area contributed by atoms with E-state index in [0.717, 1.165) is 18.5 Å². The van der Waals surface area contributed by atoms with Crippen molar-refractivity contribution in [3.05, 3.63) is 0 Å². The number of nitrogens with one attached hydrogen (secondary N) is 2. The zero-order valence-corrected chi connectivity index (χ0v) is 8.28. The van der Waals surface area contributed by atoms with Gasteiger partial charge in [0.25, 0.3) is 0 Å². The second kappa shape index (κ2) is 6.62. The largest absolute Gasteiger partial charge is 0.318 e. The van der Waals surface area contributed by atoms with Crippen molar-refractivity contribution in [2.24, 2.45) is 5.92 Å². The van der Waals surface area contributed by atoms with E-state index in [-0.39, 0.29) is 0 Å². The van der Waals surface area contributed by atoms with Crippen molar-refractivity contribution in [1.29, 1.82) is 0 Å². The van der Waals surface area contributed by atoms with Crippen LogP contribution in [0.1, 0.15) is 27.2 Å². The highest BCUT2D eigenvalue weighted by Crippen LogP contribution is 2.11. The number of hydrogen-bond acceptors (Lipinski definition) is 2. The Hall–Kier alpha value is -0.0800. The Balaban J connectivity index is 0.000000461. The van der Waals surface area contributed by atoms with Crippen molar-refractivity contribution >= 4 is 0 Å². The summed E-state index contributed by atoms with van der Waals surface area (Å²) in [6.45, 7) is 8.61. The molecule has 11 heavy (non-hydrogen) atoms. The van der Waals surface area contributed by atoms with Crippen molar-refractivity contribution in [2.75, 3.05) is 20.1 Å². The molecule has 68 valence electrons. The van der Waals surface area contributed by atoms with E-state index in [1.165, 1.54) is 13.0 Å². The van der Waals surface area contributed by atoms with Crippen molar-refractivity contribution in [3.63, 3.8) is 0 Å². The fourth-order valence-corrected chi connectivity index (χ4v) is 1.42. The van der Waals surface area contributed by atoms with E-state index < -0.39 is 0 Å². The molecule has 1 rings (SSSR count). The number of rotatable bonds is 2. The van der Waals surface area contributed by atoms with E-state index >= 15 is 0 Å². The minimum Gasteiger partial charge on any atom is -0.318 e. The first-order valence-electron chi connectivity index (χ1n) is 4.71. The molecule has 0 spiro atoms. The maximum absolute atomic E-state index is 3.44. The predicted molar refractivity (Wildman–Crippen MR) is 50.8 cm³/mol. The molecule has 1 heterocycles. The summed E-state index contributed by atoms with van der Waals surface area (Å²) in [5, 5.41) is 6.61. The summed E-state index contributed by atoms with van der Waals surface area (Å²) >= 11 is 0. The van der Waals surface area contributed by atoms with Crippen LogP contribution in [-0.2, 0) is 0 Å². The minimum atomic E-state index is 0.727. The van der Waals surface area contributed by atoms with Gasteiger partial charge in [0.2, 0.25) is 0 Å². The molecule has 0 amide bonds. The van der Waals surface area contributed by atoms with Gasteiger partial charge in [-0.05, 0) is 25.9 Å². The first kappa shape index (κ1) is 10.9. The highest BCUT2D eigenvalue weighted by atomic mass is 15.0. The summed E-state index contributed by atoms with van der Waals surface area (Å²) in [5.41, 5.74) is 0. The topological polar surface area (TPSA) is 24.1 Å². The van der Waals surface area contributed by atoms with Crippen molar-refractivity contribution in [2.45, 2.75) is 33.2 Å². The van der Waals surface area contributed by atoms with Gasteiger partial charge in [-0.25, -0.2) is 0 Å². The van der Waals surface area contributed by atoms with Gasteiger partial charge >= 0.3 is 0 Å². The Labute approximate surface area is 70.8 Å². The van der Waals surface area contributed by atoms with Crippen molar-refractivity contribution < 1.29 is 0 Å². The summed E-state index contributed by atoms with van der Waals surface area (Å²) in [5.74, 6) is 0.878. The third-order valence-electron chi connectivity index (χ3n) is 1.89. The number of hydrogen-bond donors (Lipinski definition) is 2. The lowest BCUT2D eigenvalue weighted by atomic mass is 10.1. The van der Waals surface area contributed by atoms with Crippen LogP contribution in [0, 0.1) is 5.92 Å². The van der Waals surface area contributed by atoms with Crippen LogP contribution in [-0.4, -0.2) is 26.2 Å². The van der Waals surface area contributed by atoms with Crippen LogP contribution in [0.5, 0.6) is 0 Å². The fourth-order valence-electron chi connectivity index (χ4n) is 1.42. The van der Waals surface area contributed by atoms with E-state index in [1.807, 2.05) is 20.9 Å². The molecule has 0 aromatic rings. The molecule has 1 fully saturated rings. The molecule has 0 aromatic heterocycles. The second-order valence-corrected chi connectivity index (χ2v) is 3.00. The molecule has 2 atom stereocenters. The average molecular weight is 158 g/mol. The monoisotopic (exact) mass is 158 g/mol. The minimum absolute atomic E-state index is 0.727. The lowest BCUT2D eigenvalue weighted by Crippen LogP contribution is -2.31. The fraction of sp³-hybridized carbons (Fsp3) is 1.00. The Bertz CT molecular complexity index is 81.6. The van der Waals surface area contributed by atoms with Crippen LogP contribution in [0.3, 0.4) is 0 Å². The van der Waals surface area contributed by atoms with Crippen LogP contribution in [0.4, 0.5) is 0 Å². The molecule has 0 bridgehead atoms. The van der Waals surface area contributed by atoms with Gasteiger partial charge < -0.3 is 10.6 Å². The smallest absolute Gasteiger partial charge is 0.0195 e. The van der Waals surface area contributed by atoms with Gasteiger partial charge in [0.15, 0.2) is 0 Å². The molecule has 2 nitrogen and oxygen atoms in total. The number of likely N-dealkylation sites (N-methyl/N-ethyl adjacent to an activating group) is 1. The Morgan fingerprint density at radius 1 is 1.45 bits per heavy atom. The molecule has 0 radical (unpaired) electrons. The summed E-state index contributed by atoms with van der Waals surface area (Å²) in [6.07, 6.45) is 1.33. The molecule has 1 aliphatic heterocycles. The van der Waals surface area contributed by atoms with Gasteiger partial charge in [-0.1, -0.05) is 20.8 Å². The zero-order valence-electron chi connectivity index (χ0n) is 8.28. The molecule has 0 aromatic carbocycles. The van der Waals surface area contributed by atoms with E-state index in [0.29, 0.717) is 0 Å². The van der Waals surface area contributed by atoms with Crippen LogP contribution in [0.25, 0.3) is 0 Å². The van der Waals surface area contributed by atoms with Crippen molar-refractivity contribution in [1.82, 2.24) is 10.6 Å². The highest BCUT2D eigenvalue weighted by Gasteiger charge is 2.18. The summed E-state index contributed by atoms with van der Waals surface area (Å²) < 4.78 is 0. The summed E-state index contributed by atoms with van der Waals surface area (Å²) in [6, 6.07) is 0.727. The van der Waals surface area contributed by atoms with Gasteiger partial charge in [0.05, 0.1) is 0 Å². The van der Waals surface area contributed by atoms with Crippen LogP contribution >= 0.6 is 0 Å². The predicted octanol–water partition coefficient (Wildman–Crippen LogP) is 1.23. The third kappa shape index (κ3) is 4.38. The highest BCUT2D eigenvalue weighted by molar-refractivity contribution is 4.79. The summed E-state index contributed by atoms with van der Waals surface area (Å²) in [4.78, 5) is 0. The van der Waals surface area contributed by atoms with Crippen molar-refractivity contribution in [3.8, 4) is 0 Å². The van der Waals surface area contributed by atoms with Gasteiger partial charge in [0, 0.05) is 12.6 Å². The Morgan fingerprint density at radius 2 is 2.09 bits per heavy atom. The van der Waals surface area contributed by atoms with Crippen LogP contribution in [0.2, 0.25) is 0 Å². The molecular formula is C9H22N2. The SMILES string of the molecule is CC.CNCC1CC(C)CN1. The summed E-state index contributed by atoms with van der Waals surface area (Å²) in [7, 11) is 2.00. The molecule has 2 heteroatoms. The first-order valence-corrected chi connectivity index (χ1v) is 4.71.